The first kappa shape index (κ1) is 32.2. The molecule has 1 saturated carbocycles. The SMILES string of the molecule is O=C(N[C@H]1CCC[C@@H]1OCc1ccccc1)N[C@@](Cc1ccccc1)(c1cccc(OC(F)(F)C(F)F)c1)c1ccc(Cl)cn1. The summed E-state index contributed by atoms with van der Waals surface area (Å²) in [6, 6.07) is 26.6. The summed E-state index contributed by atoms with van der Waals surface area (Å²) in [7, 11) is 0. The van der Waals surface area contributed by atoms with Crippen LogP contribution in [0.4, 0.5) is 22.4 Å². The highest BCUT2D eigenvalue weighted by Crippen LogP contribution is 2.37. The third kappa shape index (κ3) is 8.12. The van der Waals surface area contributed by atoms with Crippen LogP contribution in [0.5, 0.6) is 5.75 Å². The molecule has 0 unspecified atom stereocenters. The maximum absolute atomic E-state index is 13.9. The van der Waals surface area contributed by atoms with Crippen molar-refractivity contribution in [2.45, 2.75) is 62.5 Å². The number of carbonyl (C=O) groups excluding carboxylic acids is 1. The number of alkyl halides is 4. The predicted molar refractivity (Wildman–Crippen MR) is 163 cm³/mol. The minimum atomic E-state index is -4.72. The van der Waals surface area contributed by atoms with Crippen molar-refractivity contribution in [3.05, 3.63) is 131 Å². The van der Waals surface area contributed by atoms with Gasteiger partial charge in [0.25, 0.3) is 0 Å². The minimum absolute atomic E-state index is 0.128. The van der Waals surface area contributed by atoms with Crippen LogP contribution in [0.25, 0.3) is 0 Å². The van der Waals surface area contributed by atoms with Crippen molar-refractivity contribution in [1.82, 2.24) is 15.6 Å². The van der Waals surface area contributed by atoms with Crippen molar-refractivity contribution in [3.8, 4) is 5.75 Å². The maximum atomic E-state index is 13.9. The number of hydrogen-bond acceptors (Lipinski definition) is 4. The molecule has 2 N–H and O–H groups in total. The lowest BCUT2D eigenvalue weighted by Gasteiger charge is -2.36. The van der Waals surface area contributed by atoms with Crippen LogP contribution in [-0.4, -0.2) is 35.7 Å². The first-order valence-electron chi connectivity index (χ1n) is 14.5. The zero-order chi connectivity index (χ0) is 31.9. The van der Waals surface area contributed by atoms with Crippen LogP contribution in [0.2, 0.25) is 5.02 Å². The molecular weight excluding hydrogens is 610 g/mol. The number of pyridine rings is 1. The lowest BCUT2D eigenvalue weighted by atomic mass is 9.80. The van der Waals surface area contributed by atoms with E-state index in [-0.39, 0.29) is 24.1 Å². The monoisotopic (exact) mass is 641 g/mol. The zero-order valence-corrected chi connectivity index (χ0v) is 24.9. The van der Waals surface area contributed by atoms with Gasteiger partial charge in [-0.1, -0.05) is 84.4 Å². The summed E-state index contributed by atoms with van der Waals surface area (Å²) in [5.41, 5.74) is 0.954. The van der Waals surface area contributed by atoms with Crippen molar-refractivity contribution >= 4 is 17.6 Å². The lowest BCUT2D eigenvalue weighted by molar-refractivity contribution is -0.253. The maximum Gasteiger partial charge on any atom is 0.461 e. The van der Waals surface area contributed by atoms with Gasteiger partial charge in [-0.05, 0) is 60.2 Å². The average molecular weight is 642 g/mol. The Bertz CT molecular complexity index is 1550. The molecule has 45 heavy (non-hydrogen) atoms. The van der Waals surface area contributed by atoms with E-state index in [4.69, 9.17) is 16.3 Å². The molecule has 11 heteroatoms. The van der Waals surface area contributed by atoms with Crippen LogP contribution in [0.3, 0.4) is 0 Å². The number of nitrogens with one attached hydrogen (secondary N) is 2. The molecule has 4 aromatic rings. The summed E-state index contributed by atoms with van der Waals surface area (Å²) in [5, 5.41) is 6.45. The molecule has 6 nitrogen and oxygen atoms in total. The van der Waals surface area contributed by atoms with Gasteiger partial charge in [-0.3, -0.25) is 4.98 Å². The van der Waals surface area contributed by atoms with Crippen LogP contribution in [0, 0.1) is 0 Å². The molecule has 0 spiro atoms. The third-order valence-corrected chi connectivity index (χ3v) is 7.94. The fourth-order valence-electron chi connectivity index (χ4n) is 5.54. The van der Waals surface area contributed by atoms with E-state index >= 15 is 0 Å². The van der Waals surface area contributed by atoms with Crippen LogP contribution in [0.1, 0.15) is 41.6 Å². The van der Waals surface area contributed by atoms with Crippen LogP contribution < -0.4 is 15.4 Å². The van der Waals surface area contributed by atoms with E-state index in [2.05, 4.69) is 20.4 Å². The molecule has 1 heterocycles. The summed E-state index contributed by atoms with van der Waals surface area (Å²) >= 11 is 6.15. The van der Waals surface area contributed by atoms with Gasteiger partial charge in [-0.15, -0.1) is 0 Å². The number of carbonyl (C=O) groups is 1. The van der Waals surface area contributed by atoms with Gasteiger partial charge < -0.3 is 20.1 Å². The van der Waals surface area contributed by atoms with Gasteiger partial charge in [-0.2, -0.15) is 17.6 Å². The summed E-state index contributed by atoms with van der Waals surface area (Å²) in [6.45, 7) is 0.397. The van der Waals surface area contributed by atoms with E-state index in [1.54, 1.807) is 18.2 Å². The average Bonchev–Trinajstić information content (AvgIpc) is 3.47. The number of urea groups is 1. The van der Waals surface area contributed by atoms with Crippen LogP contribution in [-0.2, 0) is 23.3 Å². The molecule has 1 aliphatic carbocycles. The molecule has 1 aliphatic rings. The quantitative estimate of drug-likeness (QED) is 0.154. The molecule has 1 aromatic heterocycles. The predicted octanol–water partition coefficient (Wildman–Crippen LogP) is 7.90. The highest BCUT2D eigenvalue weighted by Gasteiger charge is 2.45. The minimum Gasteiger partial charge on any atom is -0.428 e. The number of hydrogen-bond donors (Lipinski definition) is 2. The van der Waals surface area contributed by atoms with Gasteiger partial charge in [-0.25, -0.2) is 4.79 Å². The van der Waals surface area contributed by atoms with E-state index < -0.39 is 29.9 Å². The molecule has 3 aromatic carbocycles. The Hall–Kier alpha value is -4.15. The lowest BCUT2D eigenvalue weighted by Crippen LogP contribution is -2.55. The second-order valence-corrected chi connectivity index (χ2v) is 11.3. The van der Waals surface area contributed by atoms with E-state index in [1.807, 2.05) is 60.7 Å². The second-order valence-electron chi connectivity index (χ2n) is 10.9. The standard InChI is InChI=1S/C34H32ClF4N3O3/c35-26-17-18-30(40-21-26)33(20-23-9-3-1-4-10-23,25-13-7-14-27(19-25)45-34(38,39)31(36)37)42-32(43)41-28-15-8-16-29(28)44-22-24-11-5-2-6-12-24/h1-7,9-14,17-19,21,28-29,31H,8,15-16,20,22H2,(H2,41,42,43)/t28-,29-,33-/m0/s1. The van der Waals surface area contributed by atoms with Crippen molar-refractivity contribution < 1.29 is 31.8 Å². The Morgan fingerprint density at radius 2 is 1.64 bits per heavy atom. The molecule has 3 atom stereocenters. The van der Waals surface area contributed by atoms with E-state index in [0.717, 1.165) is 30.0 Å². The Morgan fingerprint density at radius 3 is 2.31 bits per heavy atom. The molecule has 2 amide bonds. The molecule has 0 bridgehead atoms. The largest absolute Gasteiger partial charge is 0.461 e. The number of aromatic nitrogens is 1. The number of ether oxygens (including phenoxy) is 2. The van der Waals surface area contributed by atoms with Crippen molar-refractivity contribution in [2.24, 2.45) is 0 Å². The molecule has 1 fully saturated rings. The fourth-order valence-corrected chi connectivity index (χ4v) is 5.66. The summed E-state index contributed by atoms with van der Waals surface area (Å²) < 4.78 is 64.5. The normalized spacial score (nSPS) is 17.9. The molecule has 0 aliphatic heterocycles. The van der Waals surface area contributed by atoms with E-state index in [1.165, 1.54) is 18.3 Å². The Morgan fingerprint density at radius 1 is 0.933 bits per heavy atom. The van der Waals surface area contributed by atoms with Crippen molar-refractivity contribution in [1.29, 1.82) is 0 Å². The second kappa shape index (κ2) is 14.3. The Kier molecular flexibility index (Phi) is 10.2. The first-order valence-corrected chi connectivity index (χ1v) is 14.9. The van der Waals surface area contributed by atoms with Gasteiger partial charge in [0.15, 0.2) is 0 Å². The van der Waals surface area contributed by atoms with E-state index in [0.29, 0.717) is 23.7 Å². The van der Waals surface area contributed by atoms with Crippen molar-refractivity contribution in [3.63, 3.8) is 0 Å². The number of halogens is 5. The van der Waals surface area contributed by atoms with Gasteiger partial charge >= 0.3 is 18.6 Å². The molecule has 236 valence electrons. The molecular formula is C34H32ClF4N3O3. The van der Waals surface area contributed by atoms with Crippen molar-refractivity contribution in [2.75, 3.05) is 0 Å². The van der Waals surface area contributed by atoms with Gasteiger partial charge in [0.2, 0.25) is 0 Å². The third-order valence-electron chi connectivity index (χ3n) is 7.71. The number of amides is 2. The summed E-state index contributed by atoms with van der Waals surface area (Å²) in [4.78, 5) is 18.4. The van der Waals surface area contributed by atoms with Gasteiger partial charge in [0.05, 0.1) is 29.5 Å². The highest BCUT2D eigenvalue weighted by atomic mass is 35.5. The number of rotatable bonds is 12. The zero-order valence-electron chi connectivity index (χ0n) is 24.1. The molecule has 0 radical (unpaired) electrons. The van der Waals surface area contributed by atoms with Crippen LogP contribution in [0.15, 0.2) is 103 Å². The highest BCUT2D eigenvalue weighted by molar-refractivity contribution is 6.30. The topological polar surface area (TPSA) is 72.5 Å². The first-order chi connectivity index (χ1) is 21.6. The van der Waals surface area contributed by atoms with Gasteiger partial charge in [0, 0.05) is 12.6 Å². The summed E-state index contributed by atoms with van der Waals surface area (Å²) in [5.74, 6) is -0.503. The molecule has 5 rings (SSSR count). The molecule has 0 saturated heterocycles. The van der Waals surface area contributed by atoms with Crippen LogP contribution >= 0.6 is 11.6 Å². The Labute approximate surface area is 263 Å². The van der Waals surface area contributed by atoms with E-state index in [9.17, 15) is 22.4 Å². The van der Waals surface area contributed by atoms with Gasteiger partial charge in [0.1, 0.15) is 11.3 Å². The summed E-state index contributed by atoms with van der Waals surface area (Å²) in [6.07, 6.45) is -5.12. The fraction of sp³-hybridized carbons (Fsp3) is 0.294. The number of benzene rings is 3. The smallest absolute Gasteiger partial charge is 0.428 e. The Balaban J connectivity index is 1.48. The number of nitrogens with zero attached hydrogens (tertiary/aromatic N) is 1.